The monoisotopic (exact) mass is 358 g/mol. The van der Waals surface area contributed by atoms with Crippen molar-refractivity contribution >= 4 is 9.84 Å². The largest absolute Gasteiger partial charge is 0.392 e. The smallest absolute Gasteiger partial charge is 0.150 e. The molecule has 1 aliphatic carbocycles. The van der Waals surface area contributed by atoms with Crippen molar-refractivity contribution in [2.45, 2.75) is 37.8 Å². The minimum Gasteiger partial charge on any atom is -0.392 e. The molecule has 132 valence electrons. The summed E-state index contributed by atoms with van der Waals surface area (Å²) in [6.45, 7) is 0. The summed E-state index contributed by atoms with van der Waals surface area (Å²) in [6.07, 6.45) is 6.33. The molecule has 2 fully saturated rings. The van der Waals surface area contributed by atoms with Crippen molar-refractivity contribution in [2.24, 2.45) is 11.3 Å². The van der Waals surface area contributed by atoms with Gasteiger partial charge in [-0.1, -0.05) is 24.3 Å². The first-order valence-electron chi connectivity index (χ1n) is 9.00. The number of fused-ring (bicyclic) bond motifs is 3. The molecule has 2 aromatic rings. The van der Waals surface area contributed by atoms with Crippen LogP contribution in [0.25, 0.3) is 11.3 Å². The van der Waals surface area contributed by atoms with Gasteiger partial charge in [0.2, 0.25) is 0 Å². The number of rotatable bonds is 1. The molecule has 0 radical (unpaired) electrons. The zero-order valence-corrected chi connectivity index (χ0v) is 14.8. The van der Waals surface area contributed by atoms with Crippen molar-refractivity contribution in [2.75, 3.05) is 11.5 Å². The minimum absolute atomic E-state index is 0.0987. The number of hydrogen-bond donors (Lipinski definition) is 1. The standard InChI is InChI=1S/C19H22N2O3S/c22-18-15(5-6-19(18)7-9-25(23,24)10-8-19)17-14-4-2-1-3-13(14)16-11-20-12-21(16)17/h1-4,11-12,15,17-18,22H,5-10H2/t15-,17+,18+/m0/s1. The van der Waals surface area contributed by atoms with E-state index in [2.05, 4.69) is 27.8 Å². The topological polar surface area (TPSA) is 72.2 Å². The van der Waals surface area contributed by atoms with Gasteiger partial charge in [-0.15, -0.1) is 0 Å². The first-order chi connectivity index (χ1) is 12.0. The zero-order chi connectivity index (χ0) is 17.2. The van der Waals surface area contributed by atoms with Crippen LogP contribution in [0.4, 0.5) is 0 Å². The van der Waals surface area contributed by atoms with Crippen LogP contribution < -0.4 is 0 Å². The van der Waals surface area contributed by atoms with Crippen molar-refractivity contribution in [1.29, 1.82) is 0 Å². The molecule has 5 nitrogen and oxygen atoms in total. The van der Waals surface area contributed by atoms with E-state index in [1.165, 1.54) is 11.1 Å². The molecule has 0 unspecified atom stereocenters. The maximum Gasteiger partial charge on any atom is 0.150 e. The summed E-state index contributed by atoms with van der Waals surface area (Å²) >= 11 is 0. The molecule has 25 heavy (non-hydrogen) atoms. The Balaban J connectivity index is 1.51. The average Bonchev–Trinajstić information content (AvgIpc) is 3.26. The van der Waals surface area contributed by atoms with Gasteiger partial charge >= 0.3 is 0 Å². The lowest BCUT2D eigenvalue weighted by Gasteiger charge is -2.38. The maximum absolute atomic E-state index is 11.8. The van der Waals surface area contributed by atoms with Gasteiger partial charge in [-0.25, -0.2) is 13.4 Å². The van der Waals surface area contributed by atoms with E-state index in [9.17, 15) is 13.5 Å². The van der Waals surface area contributed by atoms with E-state index in [-0.39, 0.29) is 28.9 Å². The van der Waals surface area contributed by atoms with Crippen LogP contribution in [0.2, 0.25) is 0 Å². The number of aliphatic hydroxyl groups excluding tert-OH is 1. The van der Waals surface area contributed by atoms with Gasteiger partial charge in [0.25, 0.3) is 0 Å². The van der Waals surface area contributed by atoms with Crippen LogP contribution in [-0.4, -0.2) is 40.7 Å². The summed E-state index contributed by atoms with van der Waals surface area (Å²) in [5, 5.41) is 11.3. The quantitative estimate of drug-likeness (QED) is 0.850. The Morgan fingerprint density at radius 3 is 2.72 bits per heavy atom. The lowest BCUT2D eigenvalue weighted by molar-refractivity contribution is 0.00754. The van der Waals surface area contributed by atoms with Crippen molar-refractivity contribution < 1.29 is 13.5 Å². The molecular weight excluding hydrogens is 336 g/mol. The van der Waals surface area contributed by atoms with E-state index in [4.69, 9.17) is 0 Å². The van der Waals surface area contributed by atoms with E-state index >= 15 is 0 Å². The number of aromatic nitrogens is 2. The first-order valence-corrected chi connectivity index (χ1v) is 10.8. The van der Waals surface area contributed by atoms with Gasteiger partial charge in [-0.2, -0.15) is 0 Å². The molecule has 3 atom stereocenters. The van der Waals surface area contributed by atoms with E-state index in [1.807, 2.05) is 18.6 Å². The van der Waals surface area contributed by atoms with E-state index in [0.717, 1.165) is 18.5 Å². The van der Waals surface area contributed by atoms with Gasteiger partial charge in [0.1, 0.15) is 9.84 Å². The van der Waals surface area contributed by atoms with Crippen LogP contribution >= 0.6 is 0 Å². The van der Waals surface area contributed by atoms with Crippen LogP contribution in [0.1, 0.15) is 37.3 Å². The summed E-state index contributed by atoms with van der Waals surface area (Å²) in [5.74, 6) is 0.542. The average molecular weight is 358 g/mol. The number of imidazole rings is 1. The van der Waals surface area contributed by atoms with E-state index < -0.39 is 15.9 Å². The van der Waals surface area contributed by atoms with Gasteiger partial charge in [0.05, 0.1) is 41.9 Å². The molecule has 0 amide bonds. The molecule has 1 spiro atoms. The highest BCUT2D eigenvalue weighted by Gasteiger charge is 2.53. The lowest BCUT2D eigenvalue weighted by atomic mass is 9.76. The predicted octanol–water partition coefficient (Wildman–Crippen LogP) is 2.42. The molecule has 3 heterocycles. The predicted molar refractivity (Wildman–Crippen MR) is 94.9 cm³/mol. The van der Waals surface area contributed by atoms with Gasteiger partial charge in [0.15, 0.2) is 0 Å². The highest BCUT2D eigenvalue weighted by atomic mass is 32.2. The summed E-state index contributed by atoms with van der Waals surface area (Å²) in [6, 6.07) is 8.46. The highest BCUT2D eigenvalue weighted by Crippen LogP contribution is 2.56. The molecule has 1 aromatic carbocycles. The summed E-state index contributed by atoms with van der Waals surface area (Å²) < 4.78 is 25.9. The molecule has 1 N–H and O–H groups in total. The molecule has 2 aliphatic heterocycles. The summed E-state index contributed by atoms with van der Waals surface area (Å²) in [5.41, 5.74) is 3.34. The van der Waals surface area contributed by atoms with E-state index in [1.54, 1.807) is 0 Å². The number of nitrogens with zero attached hydrogens (tertiary/aromatic N) is 2. The van der Waals surface area contributed by atoms with Crippen LogP contribution in [-0.2, 0) is 9.84 Å². The fraction of sp³-hybridized carbons (Fsp3) is 0.526. The molecule has 1 aromatic heterocycles. The number of hydrogen-bond acceptors (Lipinski definition) is 4. The third-order valence-electron chi connectivity index (χ3n) is 6.76. The van der Waals surface area contributed by atoms with Crippen molar-refractivity contribution in [3.05, 3.63) is 42.4 Å². The highest BCUT2D eigenvalue weighted by molar-refractivity contribution is 7.91. The van der Waals surface area contributed by atoms with E-state index in [0.29, 0.717) is 12.8 Å². The molecular formula is C19H22N2O3S. The Morgan fingerprint density at radius 2 is 1.92 bits per heavy atom. The van der Waals surface area contributed by atoms with Crippen LogP contribution in [0.5, 0.6) is 0 Å². The first kappa shape index (κ1) is 15.6. The Hall–Kier alpha value is -1.66. The van der Waals surface area contributed by atoms with Crippen LogP contribution in [0.3, 0.4) is 0 Å². The SMILES string of the molecule is O=S1(=O)CCC2(CC[C@@H]([C@H]3c4ccccc4-c4cncn43)[C@H]2O)CC1. The Bertz CT molecular complexity index is 920. The maximum atomic E-state index is 11.8. The number of benzene rings is 1. The fourth-order valence-electron chi connectivity index (χ4n) is 5.34. The van der Waals surface area contributed by atoms with Gasteiger partial charge in [-0.3, -0.25) is 0 Å². The van der Waals surface area contributed by atoms with Crippen LogP contribution in [0.15, 0.2) is 36.8 Å². The molecule has 1 saturated carbocycles. The van der Waals surface area contributed by atoms with Gasteiger partial charge < -0.3 is 9.67 Å². The molecule has 6 heteroatoms. The van der Waals surface area contributed by atoms with Crippen molar-refractivity contribution in [1.82, 2.24) is 9.55 Å². The Kier molecular flexibility index (Phi) is 3.23. The molecule has 3 aliphatic rings. The second-order valence-electron chi connectivity index (χ2n) is 7.88. The third-order valence-corrected chi connectivity index (χ3v) is 8.41. The lowest BCUT2D eigenvalue weighted by Crippen LogP contribution is -2.42. The fourth-order valence-corrected chi connectivity index (χ4v) is 6.98. The van der Waals surface area contributed by atoms with Crippen molar-refractivity contribution in [3.63, 3.8) is 0 Å². The second-order valence-corrected chi connectivity index (χ2v) is 10.2. The van der Waals surface area contributed by atoms with Gasteiger partial charge in [-0.05, 0) is 36.7 Å². The molecule has 5 rings (SSSR count). The Labute approximate surface area is 147 Å². The molecule has 0 bridgehead atoms. The zero-order valence-electron chi connectivity index (χ0n) is 14.0. The minimum atomic E-state index is -2.92. The second kappa shape index (κ2) is 5.17. The summed E-state index contributed by atoms with van der Waals surface area (Å²) in [4.78, 5) is 4.31. The van der Waals surface area contributed by atoms with Gasteiger partial charge in [0, 0.05) is 11.5 Å². The molecule has 1 saturated heterocycles. The number of aliphatic hydroxyl groups is 1. The summed E-state index contributed by atoms with van der Waals surface area (Å²) in [7, 11) is -2.92. The third kappa shape index (κ3) is 2.16. The van der Waals surface area contributed by atoms with Crippen molar-refractivity contribution in [3.8, 4) is 11.3 Å². The Morgan fingerprint density at radius 1 is 1.16 bits per heavy atom. The normalized spacial score (nSPS) is 31.8. The van der Waals surface area contributed by atoms with Crippen LogP contribution in [0, 0.1) is 11.3 Å². The number of sulfone groups is 1.